The second kappa shape index (κ2) is 9.64. The second-order valence-electron chi connectivity index (χ2n) is 7.10. The maximum absolute atomic E-state index is 12.2. The summed E-state index contributed by atoms with van der Waals surface area (Å²) in [6, 6.07) is 17.4. The van der Waals surface area contributed by atoms with Gasteiger partial charge in [0.2, 0.25) is 0 Å². The molecule has 0 saturated heterocycles. The van der Waals surface area contributed by atoms with Gasteiger partial charge in [-0.05, 0) is 23.1 Å². The van der Waals surface area contributed by atoms with Crippen LogP contribution in [-0.2, 0) is 16.1 Å². The van der Waals surface area contributed by atoms with Crippen LogP contribution in [0.1, 0.15) is 46.8 Å². The SMILES string of the molecule is CC(C)c1ccc(C(=O)COC(=O)/C=C/c2cnn(Cc3ccccc3)c2)cc1. The Labute approximate surface area is 170 Å². The largest absolute Gasteiger partial charge is 0.454 e. The first-order valence-corrected chi connectivity index (χ1v) is 9.55. The van der Waals surface area contributed by atoms with E-state index in [0.29, 0.717) is 18.0 Å². The average Bonchev–Trinajstić information content (AvgIpc) is 3.18. The van der Waals surface area contributed by atoms with Crippen LogP contribution in [0, 0.1) is 0 Å². The Morgan fingerprint density at radius 1 is 1.07 bits per heavy atom. The van der Waals surface area contributed by atoms with E-state index in [2.05, 4.69) is 18.9 Å². The van der Waals surface area contributed by atoms with Gasteiger partial charge in [-0.25, -0.2) is 4.79 Å². The molecule has 3 aromatic rings. The van der Waals surface area contributed by atoms with E-state index in [1.807, 2.05) is 48.7 Å². The van der Waals surface area contributed by atoms with Crippen molar-refractivity contribution in [1.29, 1.82) is 0 Å². The van der Waals surface area contributed by atoms with Crippen LogP contribution in [0.5, 0.6) is 0 Å². The fourth-order valence-electron chi connectivity index (χ4n) is 2.81. The smallest absolute Gasteiger partial charge is 0.331 e. The average molecular weight is 388 g/mol. The molecule has 0 saturated carbocycles. The molecule has 0 aliphatic carbocycles. The summed E-state index contributed by atoms with van der Waals surface area (Å²) >= 11 is 0. The van der Waals surface area contributed by atoms with Gasteiger partial charge in [0.25, 0.3) is 0 Å². The Bertz CT molecular complexity index is 986. The van der Waals surface area contributed by atoms with E-state index >= 15 is 0 Å². The number of Topliss-reactive ketones (excluding diaryl/α,β-unsaturated/α-hetero) is 1. The van der Waals surface area contributed by atoms with E-state index in [9.17, 15) is 9.59 Å². The fraction of sp³-hybridized carbons (Fsp3) is 0.208. The highest BCUT2D eigenvalue weighted by atomic mass is 16.5. The summed E-state index contributed by atoms with van der Waals surface area (Å²) in [6.45, 7) is 4.56. The summed E-state index contributed by atoms with van der Waals surface area (Å²) in [5, 5.41) is 4.28. The molecule has 0 atom stereocenters. The maximum atomic E-state index is 12.2. The number of carbonyl (C=O) groups excluding carboxylic acids is 2. The van der Waals surface area contributed by atoms with E-state index in [4.69, 9.17) is 4.74 Å². The Kier molecular flexibility index (Phi) is 6.74. The van der Waals surface area contributed by atoms with E-state index < -0.39 is 5.97 Å². The van der Waals surface area contributed by atoms with Gasteiger partial charge in [-0.15, -0.1) is 0 Å². The molecule has 29 heavy (non-hydrogen) atoms. The molecule has 0 unspecified atom stereocenters. The summed E-state index contributed by atoms with van der Waals surface area (Å²) in [5.41, 5.74) is 3.63. The number of hydrogen-bond acceptors (Lipinski definition) is 4. The number of aromatic nitrogens is 2. The summed E-state index contributed by atoms with van der Waals surface area (Å²) in [7, 11) is 0. The Hall–Kier alpha value is -3.47. The third-order valence-corrected chi connectivity index (χ3v) is 4.50. The van der Waals surface area contributed by atoms with E-state index in [1.165, 1.54) is 6.08 Å². The zero-order valence-corrected chi connectivity index (χ0v) is 16.6. The molecule has 0 bridgehead atoms. The first-order valence-electron chi connectivity index (χ1n) is 9.55. The summed E-state index contributed by atoms with van der Waals surface area (Å²) in [4.78, 5) is 24.1. The van der Waals surface area contributed by atoms with Gasteiger partial charge in [0.1, 0.15) is 0 Å². The van der Waals surface area contributed by atoms with E-state index in [-0.39, 0.29) is 12.4 Å². The van der Waals surface area contributed by atoms with Crippen LogP contribution in [0.25, 0.3) is 6.08 Å². The zero-order chi connectivity index (χ0) is 20.6. The van der Waals surface area contributed by atoms with Gasteiger partial charge < -0.3 is 4.74 Å². The number of ether oxygens (including phenoxy) is 1. The predicted molar refractivity (Wildman–Crippen MR) is 113 cm³/mol. The summed E-state index contributed by atoms with van der Waals surface area (Å²) < 4.78 is 6.85. The Balaban J connectivity index is 1.49. The van der Waals surface area contributed by atoms with Gasteiger partial charge >= 0.3 is 5.97 Å². The molecule has 5 heteroatoms. The van der Waals surface area contributed by atoms with Crippen molar-refractivity contribution >= 4 is 17.8 Å². The molecule has 5 nitrogen and oxygen atoms in total. The van der Waals surface area contributed by atoms with Crippen LogP contribution in [-0.4, -0.2) is 28.1 Å². The monoisotopic (exact) mass is 388 g/mol. The number of benzene rings is 2. The Morgan fingerprint density at radius 3 is 2.48 bits per heavy atom. The highest BCUT2D eigenvalue weighted by molar-refractivity contribution is 5.98. The van der Waals surface area contributed by atoms with Crippen molar-refractivity contribution in [2.75, 3.05) is 6.61 Å². The van der Waals surface area contributed by atoms with Crippen LogP contribution < -0.4 is 0 Å². The lowest BCUT2D eigenvalue weighted by Gasteiger charge is -2.06. The molecule has 1 aromatic heterocycles. The number of rotatable bonds is 8. The third kappa shape index (κ3) is 6.01. The second-order valence-corrected chi connectivity index (χ2v) is 7.10. The van der Waals surface area contributed by atoms with Gasteiger partial charge in [-0.2, -0.15) is 5.10 Å². The lowest BCUT2D eigenvalue weighted by molar-refractivity contribution is -0.136. The van der Waals surface area contributed by atoms with Crippen molar-refractivity contribution in [1.82, 2.24) is 9.78 Å². The fourth-order valence-corrected chi connectivity index (χ4v) is 2.81. The first kappa shape index (κ1) is 20.3. The Morgan fingerprint density at radius 2 is 1.79 bits per heavy atom. The molecule has 0 fully saturated rings. The number of esters is 1. The normalized spacial score (nSPS) is 11.1. The predicted octanol–water partition coefficient (Wildman–Crippen LogP) is 4.49. The zero-order valence-electron chi connectivity index (χ0n) is 16.6. The summed E-state index contributed by atoms with van der Waals surface area (Å²) in [5.74, 6) is -0.384. The van der Waals surface area contributed by atoms with Gasteiger partial charge in [0.15, 0.2) is 12.4 Å². The molecule has 1 heterocycles. The molecule has 0 amide bonds. The van der Waals surface area contributed by atoms with Crippen LogP contribution in [0.2, 0.25) is 0 Å². The van der Waals surface area contributed by atoms with E-state index in [0.717, 1.165) is 16.7 Å². The van der Waals surface area contributed by atoms with Crippen LogP contribution in [0.3, 0.4) is 0 Å². The number of carbonyl (C=O) groups is 2. The minimum Gasteiger partial charge on any atom is -0.454 e. The number of nitrogens with zero attached hydrogens (tertiary/aromatic N) is 2. The van der Waals surface area contributed by atoms with Crippen molar-refractivity contribution in [3.05, 3.63) is 95.3 Å². The minimum atomic E-state index is -0.562. The standard InChI is InChI=1S/C24H24N2O3/c1-18(2)21-9-11-22(12-10-21)23(27)17-29-24(28)13-8-20-14-25-26(16-20)15-19-6-4-3-5-7-19/h3-14,16,18H,15,17H2,1-2H3/b13-8+. The molecule has 2 aromatic carbocycles. The molecule has 0 spiro atoms. The number of ketones is 1. The molecule has 148 valence electrons. The van der Waals surface area contributed by atoms with Crippen LogP contribution >= 0.6 is 0 Å². The van der Waals surface area contributed by atoms with Gasteiger partial charge in [-0.3, -0.25) is 9.48 Å². The highest BCUT2D eigenvalue weighted by Gasteiger charge is 2.09. The quantitative estimate of drug-likeness (QED) is 0.324. The lowest BCUT2D eigenvalue weighted by Crippen LogP contribution is -2.12. The highest BCUT2D eigenvalue weighted by Crippen LogP contribution is 2.15. The first-order chi connectivity index (χ1) is 14.0. The molecular weight excluding hydrogens is 364 g/mol. The molecular formula is C24H24N2O3. The molecule has 0 N–H and O–H groups in total. The number of hydrogen-bond donors (Lipinski definition) is 0. The van der Waals surface area contributed by atoms with Crippen molar-refractivity contribution in [3.8, 4) is 0 Å². The van der Waals surface area contributed by atoms with Gasteiger partial charge in [0.05, 0.1) is 12.7 Å². The topological polar surface area (TPSA) is 61.2 Å². The van der Waals surface area contributed by atoms with Crippen LogP contribution in [0.15, 0.2) is 73.1 Å². The molecule has 0 aliphatic heterocycles. The third-order valence-electron chi connectivity index (χ3n) is 4.50. The molecule has 0 aliphatic rings. The van der Waals surface area contributed by atoms with Crippen molar-refractivity contribution < 1.29 is 14.3 Å². The minimum absolute atomic E-state index is 0.224. The van der Waals surface area contributed by atoms with Crippen molar-refractivity contribution in [2.45, 2.75) is 26.3 Å². The van der Waals surface area contributed by atoms with Crippen molar-refractivity contribution in [2.24, 2.45) is 0 Å². The summed E-state index contributed by atoms with van der Waals surface area (Å²) in [6.07, 6.45) is 6.45. The van der Waals surface area contributed by atoms with Crippen LogP contribution in [0.4, 0.5) is 0 Å². The molecule has 3 rings (SSSR count). The van der Waals surface area contributed by atoms with Gasteiger partial charge in [-0.1, -0.05) is 68.4 Å². The van der Waals surface area contributed by atoms with E-state index in [1.54, 1.807) is 29.1 Å². The molecule has 0 radical (unpaired) electrons. The maximum Gasteiger partial charge on any atom is 0.331 e. The van der Waals surface area contributed by atoms with Crippen molar-refractivity contribution in [3.63, 3.8) is 0 Å². The van der Waals surface area contributed by atoms with Gasteiger partial charge in [0, 0.05) is 23.4 Å². The lowest BCUT2D eigenvalue weighted by atomic mass is 10.0.